The summed E-state index contributed by atoms with van der Waals surface area (Å²) in [5, 5.41) is 31.9. The van der Waals surface area contributed by atoms with E-state index in [-0.39, 0.29) is 24.5 Å². The Morgan fingerprint density at radius 3 is 2.65 bits per heavy atom. The van der Waals surface area contributed by atoms with Crippen LogP contribution in [-0.4, -0.2) is 54.7 Å². The van der Waals surface area contributed by atoms with Gasteiger partial charge >= 0.3 is 5.97 Å². The molecule has 1 aliphatic heterocycles. The Morgan fingerprint density at radius 2 is 1.95 bits per heavy atom. The van der Waals surface area contributed by atoms with E-state index >= 15 is 4.39 Å². The summed E-state index contributed by atoms with van der Waals surface area (Å²) in [6.07, 6.45) is 4.72. The molecule has 43 heavy (non-hydrogen) atoms. The number of aryl methyl sites for hydroxylation is 2. The summed E-state index contributed by atoms with van der Waals surface area (Å²) in [7, 11) is 0. The molecule has 0 bridgehead atoms. The summed E-state index contributed by atoms with van der Waals surface area (Å²) < 4.78 is 27.3. The third-order valence-electron chi connectivity index (χ3n) is 7.70. The minimum absolute atomic E-state index is 0.00126. The first-order valence-electron chi connectivity index (χ1n) is 14.4. The van der Waals surface area contributed by atoms with Gasteiger partial charge in [0.15, 0.2) is 0 Å². The molecule has 0 fully saturated rings. The van der Waals surface area contributed by atoms with E-state index in [1.807, 2.05) is 38.1 Å². The minimum Gasteiger partial charge on any atom is -0.492 e. The topological polar surface area (TPSA) is 120 Å². The fourth-order valence-electron chi connectivity index (χ4n) is 5.75. The highest BCUT2D eigenvalue weighted by Gasteiger charge is 2.28. The fourth-order valence-corrected chi connectivity index (χ4v) is 5.75. The Hall–Kier alpha value is -4.31. The summed E-state index contributed by atoms with van der Waals surface area (Å²) in [6, 6.07) is 9.36. The first-order valence-corrected chi connectivity index (χ1v) is 14.4. The molecule has 1 aliphatic carbocycles. The van der Waals surface area contributed by atoms with Gasteiger partial charge in [-0.1, -0.05) is 18.7 Å². The van der Waals surface area contributed by atoms with Gasteiger partial charge in [0, 0.05) is 28.7 Å². The molecule has 2 N–H and O–H groups in total. The zero-order valence-corrected chi connectivity index (χ0v) is 24.9. The molecule has 0 saturated carbocycles. The van der Waals surface area contributed by atoms with E-state index in [4.69, 9.17) is 14.6 Å². The minimum atomic E-state index is -0.961. The van der Waals surface area contributed by atoms with E-state index < -0.39 is 23.5 Å². The number of carboxylic acids is 1. The SMILES string of the molecule is C=C1/C(F)=C\C=C(\c2c(C)cc(-c3nnn(CC(C)(C)O)n3)cc2C)CCC[C@H]1Oc1ccc2c(c1)OC[C@H]2CC(=O)O. The van der Waals surface area contributed by atoms with Gasteiger partial charge in [-0.2, -0.15) is 4.80 Å². The zero-order valence-electron chi connectivity index (χ0n) is 24.9. The first-order chi connectivity index (χ1) is 20.4. The molecule has 10 heteroatoms. The molecule has 226 valence electrons. The van der Waals surface area contributed by atoms with Crippen LogP contribution in [-0.2, 0) is 11.3 Å². The molecule has 0 unspecified atom stereocenters. The van der Waals surface area contributed by atoms with Crippen LogP contribution in [0.25, 0.3) is 17.0 Å². The van der Waals surface area contributed by atoms with Gasteiger partial charge in [0.25, 0.3) is 0 Å². The van der Waals surface area contributed by atoms with Crippen LogP contribution in [0.2, 0.25) is 0 Å². The molecule has 0 radical (unpaired) electrons. The monoisotopic (exact) mass is 588 g/mol. The van der Waals surface area contributed by atoms with E-state index in [1.165, 1.54) is 10.9 Å². The van der Waals surface area contributed by atoms with Gasteiger partial charge in [0.1, 0.15) is 23.4 Å². The highest BCUT2D eigenvalue weighted by atomic mass is 19.1. The van der Waals surface area contributed by atoms with Gasteiger partial charge in [-0.15, -0.1) is 10.2 Å². The lowest BCUT2D eigenvalue weighted by Crippen LogP contribution is -2.27. The molecule has 5 rings (SSSR count). The summed E-state index contributed by atoms with van der Waals surface area (Å²) in [4.78, 5) is 12.6. The molecular weight excluding hydrogens is 551 g/mol. The average molecular weight is 589 g/mol. The largest absolute Gasteiger partial charge is 0.492 e. The zero-order chi connectivity index (χ0) is 30.9. The maximum absolute atomic E-state index is 15.4. The Morgan fingerprint density at radius 1 is 1.21 bits per heavy atom. The number of carbonyl (C=O) groups is 1. The quantitative estimate of drug-likeness (QED) is 0.324. The number of benzene rings is 2. The standard InChI is InChI=1S/C33H37FN4O5/c1-19-13-23(32-35-37-38(36-32)18-33(4,5)41)14-20(2)31(19)22-7-6-8-28(21(3)27(34)12-9-22)43-25-10-11-26-24(15-30(39)40)17-42-29(26)16-25/h9-14,16,24,28,41H,3,6-8,15,17-18H2,1-2,4-5H3,(H,39,40)/b22-9+,27-12+/t24-,28-/m1/s1. The number of allylic oxidation sites excluding steroid dienone is 3. The van der Waals surface area contributed by atoms with E-state index in [0.717, 1.165) is 39.8 Å². The number of carboxylic acid groups (broad SMARTS) is 1. The van der Waals surface area contributed by atoms with Crippen molar-refractivity contribution in [2.45, 2.75) is 77.5 Å². The van der Waals surface area contributed by atoms with Crippen LogP contribution in [0.15, 0.2) is 60.5 Å². The summed E-state index contributed by atoms with van der Waals surface area (Å²) in [5.74, 6) is 0.0871. The van der Waals surface area contributed by atoms with Crippen LogP contribution in [0.3, 0.4) is 0 Å². The first kappa shape index (κ1) is 30.2. The van der Waals surface area contributed by atoms with Gasteiger partial charge in [-0.3, -0.25) is 4.79 Å². The second-order valence-electron chi connectivity index (χ2n) is 12.0. The molecule has 2 heterocycles. The number of tetrazole rings is 1. The third kappa shape index (κ3) is 7.02. The molecule has 2 atom stereocenters. The van der Waals surface area contributed by atoms with E-state index in [1.54, 1.807) is 26.0 Å². The van der Waals surface area contributed by atoms with E-state index in [0.29, 0.717) is 36.8 Å². The second-order valence-corrected chi connectivity index (χ2v) is 12.0. The van der Waals surface area contributed by atoms with Gasteiger partial charge in [-0.05, 0) is 98.7 Å². The van der Waals surface area contributed by atoms with Crippen molar-refractivity contribution in [3.05, 3.63) is 82.7 Å². The van der Waals surface area contributed by atoms with Crippen molar-refractivity contribution >= 4 is 11.5 Å². The maximum Gasteiger partial charge on any atom is 0.304 e. The number of nitrogens with zero attached hydrogens (tertiary/aromatic N) is 4. The smallest absolute Gasteiger partial charge is 0.304 e. The van der Waals surface area contributed by atoms with Crippen molar-refractivity contribution in [2.24, 2.45) is 0 Å². The molecule has 0 saturated heterocycles. The number of hydrogen-bond donors (Lipinski definition) is 2. The normalized spacial score (nSPS) is 21.4. The Labute approximate surface area is 250 Å². The van der Waals surface area contributed by atoms with Crippen LogP contribution in [0.1, 0.15) is 67.7 Å². The Kier molecular flexibility index (Phi) is 8.50. The molecule has 0 amide bonds. The molecule has 0 spiro atoms. The van der Waals surface area contributed by atoms with Crippen molar-refractivity contribution in [2.75, 3.05) is 6.61 Å². The van der Waals surface area contributed by atoms with Gasteiger partial charge in [0.05, 0.1) is 25.2 Å². The van der Waals surface area contributed by atoms with Crippen molar-refractivity contribution in [1.29, 1.82) is 0 Å². The number of aliphatic hydroxyl groups is 1. The number of rotatable bonds is 8. The predicted molar refractivity (Wildman–Crippen MR) is 161 cm³/mol. The van der Waals surface area contributed by atoms with Crippen molar-refractivity contribution in [3.63, 3.8) is 0 Å². The summed E-state index contributed by atoms with van der Waals surface area (Å²) in [6.45, 7) is 11.9. The molecular formula is C33H37FN4O5. The second kappa shape index (κ2) is 12.1. The van der Waals surface area contributed by atoms with Crippen LogP contribution in [0.5, 0.6) is 11.5 Å². The molecule has 3 aromatic rings. The van der Waals surface area contributed by atoms with E-state index in [2.05, 4.69) is 22.0 Å². The number of fused-ring (bicyclic) bond motifs is 1. The van der Waals surface area contributed by atoms with Crippen LogP contribution in [0, 0.1) is 13.8 Å². The molecule has 2 aromatic carbocycles. The fraction of sp³-hybridized carbons (Fsp3) is 0.394. The van der Waals surface area contributed by atoms with Crippen LogP contribution >= 0.6 is 0 Å². The van der Waals surface area contributed by atoms with Crippen LogP contribution in [0.4, 0.5) is 4.39 Å². The predicted octanol–water partition coefficient (Wildman–Crippen LogP) is 6.10. The van der Waals surface area contributed by atoms with E-state index in [9.17, 15) is 9.90 Å². The Bertz CT molecular complexity index is 1590. The lowest BCUT2D eigenvalue weighted by atomic mass is 9.90. The molecule has 9 nitrogen and oxygen atoms in total. The number of hydrogen-bond acceptors (Lipinski definition) is 7. The van der Waals surface area contributed by atoms with Crippen molar-refractivity contribution < 1.29 is 28.9 Å². The highest BCUT2D eigenvalue weighted by molar-refractivity contribution is 5.75. The number of ether oxygens (including phenoxy) is 2. The maximum atomic E-state index is 15.4. The third-order valence-corrected chi connectivity index (χ3v) is 7.70. The number of aromatic nitrogens is 4. The van der Waals surface area contributed by atoms with Crippen LogP contribution < -0.4 is 9.47 Å². The van der Waals surface area contributed by atoms with Gasteiger partial charge in [0.2, 0.25) is 5.82 Å². The Balaban J connectivity index is 1.31. The van der Waals surface area contributed by atoms with Crippen molar-refractivity contribution in [3.8, 4) is 22.9 Å². The lowest BCUT2D eigenvalue weighted by Gasteiger charge is -2.21. The molecule has 2 aliphatic rings. The van der Waals surface area contributed by atoms with Gasteiger partial charge < -0.3 is 19.7 Å². The highest BCUT2D eigenvalue weighted by Crippen LogP contribution is 2.39. The number of halogens is 1. The summed E-state index contributed by atoms with van der Waals surface area (Å²) in [5.41, 5.74) is 5.06. The lowest BCUT2D eigenvalue weighted by molar-refractivity contribution is -0.137. The molecule has 1 aromatic heterocycles. The average Bonchev–Trinajstić information content (AvgIpc) is 3.55. The van der Waals surface area contributed by atoms with Crippen molar-refractivity contribution in [1.82, 2.24) is 20.2 Å². The summed E-state index contributed by atoms with van der Waals surface area (Å²) >= 11 is 0. The number of aliphatic carboxylic acids is 1. The van der Waals surface area contributed by atoms with Gasteiger partial charge in [-0.25, -0.2) is 4.39 Å².